The molecule has 0 fully saturated rings. The lowest BCUT2D eigenvalue weighted by atomic mass is 10.2. The molecule has 2 nitrogen and oxygen atoms in total. The fraction of sp³-hybridized carbons (Fsp3) is 0.133. The second-order valence-corrected chi connectivity index (χ2v) is 4.99. The van der Waals surface area contributed by atoms with E-state index >= 15 is 0 Å². The van der Waals surface area contributed by atoms with Crippen LogP contribution in [0.2, 0.25) is 0 Å². The summed E-state index contributed by atoms with van der Waals surface area (Å²) >= 11 is 1.56. The Morgan fingerprint density at radius 3 is 2.44 bits per heavy atom. The molecule has 0 aliphatic heterocycles. The van der Waals surface area contributed by atoms with Crippen molar-refractivity contribution in [2.75, 3.05) is 11.1 Å². The van der Waals surface area contributed by atoms with E-state index in [-0.39, 0.29) is 5.91 Å². The summed E-state index contributed by atoms with van der Waals surface area (Å²) in [6, 6.07) is 17.6. The first-order valence-electron chi connectivity index (χ1n) is 5.79. The normalized spacial score (nSPS) is 10.1. The molecule has 0 saturated carbocycles. The predicted octanol–water partition coefficient (Wildman–Crippen LogP) is 3.73. The van der Waals surface area contributed by atoms with Gasteiger partial charge in [-0.2, -0.15) is 0 Å². The molecule has 0 heterocycles. The Labute approximate surface area is 111 Å². The lowest BCUT2D eigenvalue weighted by Gasteiger charge is -2.06. The molecule has 0 atom stereocenters. The third kappa shape index (κ3) is 3.64. The Kier molecular flexibility index (Phi) is 4.42. The van der Waals surface area contributed by atoms with Crippen LogP contribution in [0.15, 0.2) is 59.5 Å². The van der Waals surface area contributed by atoms with Crippen molar-refractivity contribution in [3.63, 3.8) is 0 Å². The van der Waals surface area contributed by atoms with Crippen LogP contribution in [-0.4, -0.2) is 11.7 Å². The maximum Gasteiger partial charge on any atom is 0.234 e. The van der Waals surface area contributed by atoms with Crippen molar-refractivity contribution >= 4 is 23.4 Å². The molecule has 0 saturated heterocycles. The van der Waals surface area contributed by atoms with Gasteiger partial charge in [-0.3, -0.25) is 4.79 Å². The van der Waals surface area contributed by atoms with E-state index in [2.05, 4.69) is 18.3 Å². The third-order valence-electron chi connectivity index (χ3n) is 2.51. The number of benzene rings is 2. The summed E-state index contributed by atoms with van der Waals surface area (Å²) in [5, 5.41) is 2.87. The average molecular weight is 257 g/mol. The van der Waals surface area contributed by atoms with Crippen molar-refractivity contribution in [2.24, 2.45) is 0 Å². The fourth-order valence-electron chi connectivity index (χ4n) is 1.58. The van der Waals surface area contributed by atoms with Gasteiger partial charge >= 0.3 is 0 Å². The number of amides is 1. The van der Waals surface area contributed by atoms with Crippen LogP contribution in [0.1, 0.15) is 5.56 Å². The van der Waals surface area contributed by atoms with Crippen molar-refractivity contribution in [1.29, 1.82) is 0 Å². The minimum Gasteiger partial charge on any atom is -0.325 e. The zero-order valence-corrected chi connectivity index (χ0v) is 11.0. The smallest absolute Gasteiger partial charge is 0.234 e. The van der Waals surface area contributed by atoms with Crippen LogP contribution >= 0.6 is 11.8 Å². The Bertz CT molecular complexity index is 525. The summed E-state index contributed by atoms with van der Waals surface area (Å²) < 4.78 is 0. The van der Waals surface area contributed by atoms with E-state index in [4.69, 9.17) is 0 Å². The monoisotopic (exact) mass is 257 g/mol. The molecule has 0 aromatic heterocycles. The first-order valence-corrected chi connectivity index (χ1v) is 6.77. The van der Waals surface area contributed by atoms with Crippen LogP contribution in [-0.2, 0) is 4.79 Å². The largest absolute Gasteiger partial charge is 0.325 e. The van der Waals surface area contributed by atoms with Gasteiger partial charge in [-0.25, -0.2) is 0 Å². The summed E-state index contributed by atoms with van der Waals surface area (Å²) in [6.45, 7) is 2.05. The second-order valence-electron chi connectivity index (χ2n) is 3.97. The molecule has 92 valence electrons. The van der Waals surface area contributed by atoms with Crippen LogP contribution in [0.4, 0.5) is 5.69 Å². The van der Waals surface area contributed by atoms with Gasteiger partial charge in [0.2, 0.25) is 5.91 Å². The lowest BCUT2D eigenvalue weighted by molar-refractivity contribution is -0.113. The molecule has 0 bridgehead atoms. The Hall–Kier alpha value is -1.74. The zero-order valence-electron chi connectivity index (χ0n) is 10.2. The van der Waals surface area contributed by atoms with E-state index in [0.717, 1.165) is 10.6 Å². The summed E-state index contributed by atoms with van der Waals surface area (Å²) in [6.07, 6.45) is 0. The first kappa shape index (κ1) is 12.7. The van der Waals surface area contributed by atoms with Gasteiger partial charge in [0.1, 0.15) is 0 Å². The van der Waals surface area contributed by atoms with Crippen molar-refractivity contribution in [1.82, 2.24) is 0 Å². The van der Waals surface area contributed by atoms with Crippen molar-refractivity contribution in [3.8, 4) is 0 Å². The van der Waals surface area contributed by atoms with E-state index in [1.54, 1.807) is 11.8 Å². The van der Waals surface area contributed by atoms with Gasteiger partial charge in [-0.15, -0.1) is 11.8 Å². The molecule has 18 heavy (non-hydrogen) atoms. The molecule has 0 aliphatic rings. The van der Waals surface area contributed by atoms with Crippen LogP contribution in [0.3, 0.4) is 0 Å². The number of aryl methyl sites for hydroxylation is 1. The van der Waals surface area contributed by atoms with Gasteiger partial charge in [0.25, 0.3) is 0 Å². The SMILES string of the molecule is Cc1ccccc1SCC(=O)Nc1ccccc1. The number of para-hydroxylation sites is 1. The number of anilines is 1. The first-order chi connectivity index (χ1) is 8.75. The summed E-state index contributed by atoms with van der Waals surface area (Å²) in [5.41, 5.74) is 2.04. The number of carbonyl (C=O) groups excluding carboxylic acids is 1. The van der Waals surface area contributed by atoms with Gasteiger partial charge < -0.3 is 5.32 Å². The molecule has 2 rings (SSSR count). The number of carbonyl (C=O) groups is 1. The van der Waals surface area contributed by atoms with Crippen LogP contribution in [0, 0.1) is 6.92 Å². The summed E-state index contributed by atoms with van der Waals surface area (Å²) in [5.74, 6) is 0.453. The van der Waals surface area contributed by atoms with E-state index < -0.39 is 0 Å². The Balaban J connectivity index is 1.88. The molecule has 0 aliphatic carbocycles. The number of rotatable bonds is 4. The highest BCUT2D eigenvalue weighted by Gasteiger charge is 2.04. The Morgan fingerprint density at radius 2 is 1.72 bits per heavy atom. The number of hydrogen-bond acceptors (Lipinski definition) is 2. The molecular formula is C15H15NOS. The molecule has 2 aromatic rings. The molecule has 1 N–H and O–H groups in total. The van der Waals surface area contributed by atoms with Gasteiger partial charge in [0, 0.05) is 10.6 Å². The molecule has 1 amide bonds. The van der Waals surface area contributed by atoms with Gasteiger partial charge in [0.15, 0.2) is 0 Å². The van der Waals surface area contributed by atoms with E-state index in [9.17, 15) is 4.79 Å². The van der Waals surface area contributed by atoms with Gasteiger partial charge in [-0.05, 0) is 30.7 Å². The van der Waals surface area contributed by atoms with E-state index in [1.165, 1.54) is 5.56 Å². The van der Waals surface area contributed by atoms with Crippen LogP contribution in [0.25, 0.3) is 0 Å². The number of hydrogen-bond donors (Lipinski definition) is 1. The van der Waals surface area contributed by atoms with Crippen molar-refractivity contribution in [2.45, 2.75) is 11.8 Å². The minimum absolute atomic E-state index is 0.0226. The standard InChI is InChI=1S/C15H15NOS/c1-12-7-5-6-10-14(12)18-11-15(17)16-13-8-3-2-4-9-13/h2-10H,11H2,1H3,(H,16,17). The maximum absolute atomic E-state index is 11.8. The Morgan fingerprint density at radius 1 is 1.06 bits per heavy atom. The number of thioether (sulfide) groups is 1. The highest BCUT2D eigenvalue weighted by Crippen LogP contribution is 2.21. The predicted molar refractivity (Wildman–Crippen MR) is 77.0 cm³/mol. The second kappa shape index (κ2) is 6.26. The van der Waals surface area contributed by atoms with Crippen LogP contribution in [0.5, 0.6) is 0 Å². The molecular weight excluding hydrogens is 242 g/mol. The highest BCUT2D eigenvalue weighted by molar-refractivity contribution is 8.00. The molecule has 2 aromatic carbocycles. The topological polar surface area (TPSA) is 29.1 Å². The summed E-state index contributed by atoms with van der Waals surface area (Å²) in [7, 11) is 0. The lowest BCUT2D eigenvalue weighted by Crippen LogP contribution is -2.13. The molecule has 0 radical (unpaired) electrons. The summed E-state index contributed by atoms with van der Waals surface area (Å²) in [4.78, 5) is 12.9. The zero-order chi connectivity index (χ0) is 12.8. The highest BCUT2D eigenvalue weighted by atomic mass is 32.2. The fourth-order valence-corrected chi connectivity index (χ4v) is 2.41. The van der Waals surface area contributed by atoms with Gasteiger partial charge in [-0.1, -0.05) is 36.4 Å². The van der Waals surface area contributed by atoms with E-state index in [1.807, 2.05) is 48.5 Å². The van der Waals surface area contributed by atoms with E-state index in [0.29, 0.717) is 5.75 Å². The average Bonchev–Trinajstić information content (AvgIpc) is 2.39. The molecule has 0 spiro atoms. The minimum atomic E-state index is 0.0226. The van der Waals surface area contributed by atoms with Gasteiger partial charge in [0.05, 0.1) is 5.75 Å². The third-order valence-corrected chi connectivity index (χ3v) is 3.69. The molecule has 3 heteroatoms. The molecule has 0 unspecified atom stereocenters. The van der Waals surface area contributed by atoms with Crippen LogP contribution < -0.4 is 5.32 Å². The van der Waals surface area contributed by atoms with Crippen molar-refractivity contribution < 1.29 is 4.79 Å². The van der Waals surface area contributed by atoms with Crippen molar-refractivity contribution in [3.05, 3.63) is 60.2 Å². The maximum atomic E-state index is 11.8. The number of nitrogens with one attached hydrogen (secondary N) is 1. The quantitative estimate of drug-likeness (QED) is 0.846.